The third kappa shape index (κ3) is 4.32. The smallest absolute Gasteiger partial charge is 0.0503 e. The first-order valence-electron chi connectivity index (χ1n) is 20.1. The van der Waals surface area contributed by atoms with E-state index in [0.717, 1.165) is 0 Å². The summed E-state index contributed by atoms with van der Waals surface area (Å²) >= 11 is 0. The highest BCUT2D eigenvalue weighted by Gasteiger charge is 2.49. The van der Waals surface area contributed by atoms with E-state index >= 15 is 0 Å². The fourth-order valence-electron chi connectivity index (χ4n) is 12.4. The molecule has 256 valence electrons. The molecule has 48 heavy (non-hydrogen) atoms. The second-order valence-corrected chi connectivity index (χ2v) is 17.9. The minimum atomic E-state index is -0.0833. The van der Waals surface area contributed by atoms with Crippen LogP contribution < -0.4 is 0 Å². The molecule has 4 fully saturated rings. The van der Waals surface area contributed by atoms with Gasteiger partial charge in [0.1, 0.15) is 0 Å². The van der Waals surface area contributed by atoms with Gasteiger partial charge in [-0.3, -0.25) is 0 Å². The maximum atomic E-state index is 4.23. The Morgan fingerprint density at radius 3 is 0.604 bits per heavy atom. The van der Waals surface area contributed by atoms with E-state index in [1.807, 2.05) is 0 Å². The van der Waals surface area contributed by atoms with E-state index in [0.29, 0.717) is 23.7 Å². The third-order valence-electron chi connectivity index (χ3n) is 15.9. The van der Waals surface area contributed by atoms with Crippen LogP contribution in [0.3, 0.4) is 0 Å². The first-order valence-corrected chi connectivity index (χ1v) is 20.1. The Morgan fingerprint density at radius 1 is 0.312 bits per heavy atom. The van der Waals surface area contributed by atoms with E-state index in [-0.39, 0.29) is 21.7 Å². The van der Waals surface area contributed by atoms with Crippen LogP contribution in [-0.2, 0) is 21.7 Å². The summed E-state index contributed by atoms with van der Waals surface area (Å²) in [5.74, 6) is 2.52. The van der Waals surface area contributed by atoms with Crippen molar-refractivity contribution in [1.82, 2.24) is 19.9 Å². The van der Waals surface area contributed by atoms with Gasteiger partial charge in [0.25, 0.3) is 0 Å². The Labute approximate surface area is 289 Å². The molecule has 4 aromatic rings. The van der Waals surface area contributed by atoms with Gasteiger partial charge in [0.15, 0.2) is 0 Å². The van der Waals surface area contributed by atoms with Crippen LogP contribution in [0.5, 0.6) is 0 Å². The molecule has 0 saturated heterocycles. The Bertz CT molecular complexity index is 1400. The summed E-state index contributed by atoms with van der Waals surface area (Å²) in [4.78, 5) is 16.9. The highest BCUT2D eigenvalue weighted by Crippen LogP contribution is 2.54. The van der Waals surface area contributed by atoms with Crippen LogP contribution in [-0.4, -0.2) is 19.9 Å². The van der Waals surface area contributed by atoms with Crippen LogP contribution in [0.1, 0.15) is 176 Å². The van der Waals surface area contributed by atoms with Crippen molar-refractivity contribution in [3.63, 3.8) is 0 Å². The SMILES string of the molecule is CC1(C2CCCC2)c2ccc([nH]2)C(C)(C2CCCC2)c2ccc([nH]2)C(C)(C2CCCC2)c2ccc([nH]2)C(C)(C2CCCC2)c2ccc1[nH]2. The van der Waals surface area contributed by atoms with Crippen molar-refractivity contribution in [3.8, 4) is 0 Å². The molecular formula is C44H60N4. The monoisotopic (exact) mass is 644 g/mol. The van der Waals surface area contributed by atoms with Gasteiger partial charge in [-0.25, -0.2) is 0 Å². The van der Waals surface area contributed by atoms with Gasteiger partial charge in [0.05, 0.1) is 21.7 Å². The number of fused-ring (bicyclic) bond motifs is 8. The first-order chi connectivity index (χ1) is 23.3. The summed E-state index contributed by atoms with van der Waals surface area (Å²) in [7, 11) is 0. The molecule has 1 aliphatic heterocycles. The van der Waals surface area contributed by atoms with Gasteiger partial charge < -0.3 is 19.9 Å². The fraction of sp³-hybridized carbons (Fsp3) is 0.636. The van der Waals surface area contributed by atoms with E-state index in [9.17, 15) is 0 Å². The molecule has 0 unspecified atom stereocenters. The van der Waals surface area contributed by atoms with E-state index in [1.165, 1.54) is 148 Å². The minimum absolute atomic E-state index is 0.0833. The quantitative estimate of drug-likeness (QED) is 0.171. The molecule has 4 N–H and O–H groups in total. The van der Waals surface area contributed by atoms with Crippen molar-refractivity contribution in [2.24, 2.45) is 23.7 Å². The molecule has 5 heterocycles. The summed E-state index contributed by atoms with van der Waals surface area (Å²) in [5.41, 5.74) is 10.9. The van der Waals surface area contributed by atoms with Gasteiger partial charge >= 0.3 is 0 Å². The third-order valence-corrected chi connectivity index (χ3v) is 15.9. The molecule has 0 spiro atoms. The summed E-state index contributed by atoms with van der Waals surface area (Å²) < 4.78 is 0. The molecule has 4 aromatic heterocycles. The second-order valence-electron chi connectivity index (χ2n) is 17.9. The molecule has 0 aromatic carbocycles. The lowest BCUT2D eigenvalue weighted by molar-refractivity contribution is 0.313. The number of H-pyrrole nitrogens is 4. The Balaban J connectivity index is 1.30. The molecule has 0 radical (unpaired) electrons. The van der Waals surface area contributed by atoms with Crippen LogP contribution in [0.4, 0.5) is 0 Å². The zero-order valence-electron chi connectivity index (χ0n) is 30.2. The van der Waals surface area contributed by atoms with Crippen LogP contribution in [0.2, 0.25) is 0 Å². The molecule has 0 amide bonds. The topological polar surface area (TPSA) is 63.2 Å². The normalized spacial score (nSPS) is 33.8. The number of nitrogens with one attached hydrogen (secondary N) is 4. The van der Waals surface area contributed by atoms with Gasteiger partial charge in [0.2, 0.25) is 0 Å². The standard InChI is InChI=1S/C44H60N4/c1-41(29-13-5-6-14-29)33-21-23-35(45-33)42(2,30-15-7-8-16-30)37-25-27-39(47-37)44(4,32-19-11-12-20-32)40-28-26-38(48-40)43(3,31-17-9-10-18-31)36-24-22-34(41)46-36/h21-32,45-48H,5-20H2,1-4H3. The molecule has 5 aliphatic rings. The number of rotatable bonds is 4. The number of hydrogen-bond donors (Lipinski definition) is 4. The molecule has 4 saturated carbocycles. The number of aromatic nitrogens is 4. The van der Waals surface area contributed by atoms with Gasteiger partial charge in [-0.15, -0.1) is 0 Å². The molecule has 4 aliphatic carbocycles. The lowest BCUT2D eigenvalue weighted by Gasteiger charge is -2.39. The van der Waals surface area contributed by atoms with E-state index in [1.54, 1.807) is 0 Å². The van der Waals surface area contributed by atoms with Crippen molar-refractivity contribution in [2.45, 2.75) is 152 Å². The molecule has 8 bridgehead atoms. The summed E-state index contributed by atoms with van der Waals surface area (Å²) in [6.07, 6.45) is 21.2. The maximum absolute atomic E-state index is 4.23. The largest absolute Gasteiger partial charge is 0.361 e. The number of aromatic amines is 4. The summed E-state index contributed by atoms with van der Waals surface area (Å²) in [6, 6.07) is 19.9. The second kappa shape index (κ2) is 11.3. The minimum Gasteiger partial charge on any atom is -0.361 e. The van der Waals surface area contributed by atoms with Crippen molar-refractivity contribution < 1.29 is 0 Å². The predicted octanol–water partition coefficient (Wildman–Crippen LogP) is 11.3. The van der Waals surface area contributed by atoms with Crippen LogP contribution in [0.25, 0.3) is 0 Å². The van der Waals surface area contributed by atoms with Gasteiger partial charge in [0, 0.05) is 45.6 Å². The van der Waals surface area contributed by atoms with Crippen LogP contribution >= 0.6 is 0 Å². The van der Waals surface area contributed by atoms with E-state index in [4.69, 9.17) is 0 Å². The van der Waals surface area contributed by atoms with E-state index in [2.05, 4.69) is 96.2 Å². The molecular weight excluding hydrogens is 585 g/mol. The first kappa shape index (κ1) is 31.1. The average molecular weight is 645 g/mol. The molecule has 0 atom stereocenters. The lowest BCUT2D eigenvalue weighted by Crippen LogP contribution is -2.37. The number of hydrogen-bond acceptors (Lipinski definition) is 0. The van der Waals surface area contributed by atoms with Crippen molar-refractivity contribution >= 4 is 0 Å². The lowest BCUT2D eigenvalue weighted by atomic mass is 9.70. The Hall–Kier alpha value is -2.88. The van der Waals surface area contributed by atoms with Crippen LogP contribution in [0.15, 0.2) is 48.5 Å². The Kier molecular flexibility index (Phi) is 7.34. The average Bonchev–Trinajstić information content (AvgIpc) is 3.97. The van der Waals surface area contributed by atoms with Gasteiger partial charge in [-0.2, -0.15) is 0 Å². The maximum Gasteiger partial charge on any atom is 0.0503 e. The molecule has 4 heteroatoms. The molecule has 9 rings (SSSR count). The van der Waals surface area contributed by atoms with E-state index < -0.39 is 0 Å². The highest BCUT2D eigenvalue weighted by molar-refractivity contribution is 5.46. The van der Waals surface area contributed by atoms with Gasteiger partial charge in [-0.05, 0) is 151 Å². The van der Waals surface area contributed by atoms with Gasteiger partial charge in [-0.1, -0.05) is 51.4 Å². The van der Waals surface area contributed by atoms with Crippen LogP contribution in [0, 0.1) is 23.7 Å². The predicted molar refractivity (Wildman–Crippen MR) is 197 cm³/mol. The molecule has 4 nitrogen and oxygen atoms in total. The van der Waals surface area contributed by atoms with Crippen molar-refractivity contribution in [2.75, 3.05) is 0 Å². The zero-order chi connectivity index (χ0) is 32.7. The Morgan fingerprint density at radius 2 is 0.458 bits per heavy atom. The summed E-state index contributed by atoms with van der Waals surface area (Å²) in [5, 5.41) is 0. The zero-order valence-corrected chi connectivity index (χ0v) is 30.2. The highest BCUT2D eigenvalue weighted by atomic mass is 14.9. The fourth-order valence-corrected chi connectivity index (χ4v) is 12.4. The van der Waals surface area contributed by atoms with Crippen molar-refractivity contribution in [1.29, 1.82) is 0 Å². The summed E-state index contributed by atoms with van der Waals surface area (Å²) in [6.45, 7) is 10.2. The van der Waals surface area contributed by atoms with Crippen molar-refractivity contribution in [3.05, 3.63) is 94.1 Å².